The van der Waals surface area contributed by atoms with Crippen LogP contribution in [0.25, 0.3) is 0 Å². The van der Waals surface area contributed by atoms with Crippen molar-refractivity contribution in [2.45, 2.75) is 70.8 Å². The molecule has 0 fully saturated rings. The molecular weight excluding hydrogens is 306 g/mol. The number of esters is 1. The van der Waals surface area contributed by atoms with Gasteiger partial charge in [0.05, 0.1) is 21.1 Å². The topological polar surface area (TPSA) is 66.4 Å². The molecule has 140 valence electrons. The second-order valence-electron chi connectivity index (χ2n) is 7.37. The molecule has 0 amide bonds. The molecular formula is C19H35NO4. The number of nitrogens with zero attached hydrogens (tertiary/aromatic N) is 1. The van der Waals surface area contributed by atoms with E-state index in [0.29, 0.717) is 17.4 Å². The fourth-order valence-corrected chi connectivity index (χ4v) is 2.45. The highest BCUT2D eigenvalue weighted by molar-refractivity contribution is 5.70. The molecule has 1 atom stereocenters. The molecule has 0 N–H and O–H groups in total. The lowest BCUT2D eigenvalue weighted by atomic mass is 10.1. The van der Waals surface area contributed by atoms with Gasteiger partial charge in [-0.05, 0) is 25.7 Å². The van der Waals surface area contributed by atoms with Crippen molar-refractivity contribution in [2.24, 2.45) is 0 Å². The summed E-state index contributed by atoms with van der Waals surface area (Å²) in [5.74, 6) is -1.50. The largest absolute Gasteiger partial charge is 0.550 e. The van der Waals surface area contributed by atoms with Gasteiger partial charge >= 0.3 is 5.97 Å². The zero-order valence-corrected chi connectivity index (χ0v) is 15.9. The standard InChI is InChI=1S/C19H35NO4/c1-5-6-7-8-9-10-11-12-13-14-19(23)24-17(15-18(21)22)16-20(2,3)4/h8-9,17H,5-7,10-16H2,1-4H3/b9-8+. The molecule has 0 aliphatic carbocycles. The molecule has 0 aromatic carbocycles. The number of likely N-dealkylation sites (N-methyl/N-ethyl adjacent to an activating group) is 1. The summed E-state index contributed by atoms with van der Waals surface area (Å²) in [5, 5.41) is 10.8. The monoisotopic (exact) mass is 341 g/mol. The Morgan fingerprint density at radius 1 is 1.04 bits per heavy atom. The van der Waals surface area contributed by atoms with Crippen LogP contribution in [0.4, 0.5) is 0 Å². The zero-order chi connectivity index (χ0) is 18.4. The molecule has 1 unspecified atom stereocenters. The van der Waals surface area contributed by atoms with Gasteiger partial charge in [0.1, 0.15) is 6.54 Å². The summed E-state index contributed by atoms with van der Waals surface area (Å²) in [5.41, 5.74) is 0. The van der Waals surface area contributed by atoms with E-state index in [9.17, 15) is 14.7 Å². The second kappa shape index (κ2) is 13.0. The maximum atomic E-state index is 11.9. The Labute approximate surface area is 147 Å². The first-order chi connectivity index (χ1) is 11.2. The molecule has 0 saturated carbocycles. The number of unbranched alkanes of at least 4 members (excludes halogenated alkanes) is 5. The Morgan fingerprint density at radius 2 is 1.67 bits per heavy atom. The number of ether oxygens (including phenoxy) is 1. The van der Waals surface area contributed by atoms with Gasteiger partial charge in [-0.3, -0.25) is 4.79 Å². The van der Waals surface area contributed by atoms with Gasteiger partial charge in [-0.15, -0.1) is 0 Å². The lowest BCUT2D eigenvalue weighted by molar-refractivity contribution is -0.873. The van der Waals surface area contributed by atoms with E-state index in [1.54, 1.807) is 0 Å². The number of hydrogen-bond donors (Lipinski definition) is 0. The summed E-state index contributed by atoms with van der Waals surface area (Å²) in [6.45, 7) is 2.65. The number of aliphatic carboxylic acids is 1. The molecule has 24 heavy (non-hydrogen) atoms. The third kappa shape index (κ3) is 15.5. The van der Waals surface area contributed by atoms with Crippen molar-refractivity contribution in [3.8, 4) is 0 Å². The minimum atomic E-state index is -1.18. The van der Waals surface area contributed by atoms with Crippen LogP contribution in [0.2, 0.25) is 0 Å². The minimum absolute atomic E-state index is 0.246. The summed E-state index contributed by atoms with van der Waals surface area (Å²) in [4.78, 5) is 22.7. The number of carbonyl (C=O) groups is 2. The van der Waals surface area contributed by atoms with Gasteiger partial charge in [-0.1, -0.05) is 38.3 Å². The molecule has 0 rings (SSSR count). The third-order valence-corrected chi connectivity index (χ3v) is 3.59. The van der Waals surface area contributed by atoms with E-state index in [4.69, 9.17) is 4.74 Å². The van der Waals surface area contributed by atoms with E-state index in [0.717, 1.165) is 32.1 Å². The zero-order valence-electron chi connectivity index (χ0n) is 15.9. The number of carbonyl (C=O) groups excluding carboxylic acids is 2. The minimum Gasteiger partial charge on any atom is -0.550 e. The highest BCUT2D eigenvalue weighted by Crippen LogP contribution is 2.09. The van der Waals surface area contributed by atoms with E-state index >= 15 is 0 Å². The lowest BCUT2D eigenvalue weighted by Gasteiger charge is -2.29. The summed E-state index contributed by atoms with van der Waals surface area (Å²) >= 11 is 0. The van der Waals surface area contributed by atoms with Crippen LogP contribution in [0.3, 0.4) is 0 Å². The van der Waals surface area contributed by atoms with E-state index in [-0.39, 0.29) is 12.4 Å². The van der Waals surface area contributed by atoms with Gasteiger partial charge in [0.25, 0.3) is 0 Å². The van der Waals surface area contributed by atoms with Crippen LogP contribution in [0.5, 0.6) is 0 Å². The predicted molar refractivity (Wildman–Crippen MR) is 94.2 cm³/mol. The normalized spacial score (nSPS) is 13.2. The highest BCUT2D eigenvalue weighted by Gasteiger charge is 2.22. The van der Waals surface area contributed by atoms with Gasteiger partial charge in [0, 0.05) is 18.8 Å². The van der Waals surface area contributed by atoms with Crippen molar-refractivity contribution in [3.63, 3.8) is 0 Å². The number of quaternary nitrogens is 1. The molecule has 0 spiro atoms. The van der Waals surface area contributed by atoms with E-state index in [1.165, 1.54) is 12.8 Å². The molecule has 0 bridgehead atoms. The third-order valence-electron chi connectivity index (χ3n) is 3.59. The Hall–Kier alpha value is -1.36. The average molecular weight is 341 g/mol. The van der Waals surface area contributed by atoms with Crippen LogP contribution in [0.15, 0.2) is 12.2 Å². The number of carboxylic acid groups (broad SMARTS) is 1. The van der Waals surface area contributed by atoms with E-state index in [1.807, 2.05) is 21.1 Å². The molecule has 0 heterocycles. The molecule has 0 aromatic rings. The first-order valence-corrected chi connectivity index (χ1v) is 9.09. The van der Waals surface area contributed by atoms with Gasteiger partial charge in [-0.25, -0.2) is 0 Å². The van der Waals surface area contributed by atoms with Gasteiger partial charge in [0.15, 0.2) is 6.10 Å². The maximum Gasteiger partial charge on any atom is 0.306 e. The molecule has 5 nitrogen and oxygen atoms in total. The first-order valence-electron chi connectivity index (χ1n) is 9.09. The fraction of sp³-hybridized carbons (Fsp3) is 0.789. The van der Waals surface area contributed by atoms with Crippen molar-refractivity contribution in [1.82, 2.24) is 0 Å². The SMILES string of the molecule is CCCC/C=C/CCCCCC(=O)OC(CC(=O)[O-])C[N+](C)(C)C. The Kier molecular flexibility index (Phi) is 12.3. The Morgan fingerprint density at radius 3 is 2.21 bits per heavy atom. The van der Waals surface area contributed by atoms with Gasteiger partial charge in [0.2, 0.25) is 0 Å². The highest BCUT2D eigenvalue weighted by atomic mass is 16.5. The van der Waals surface area contributed by atoms with E-state index in [2.05, 4.69) is 19.1 Å². The van der Waals surface area contributed by atoms with Crippen molar-refractivity contribution < 1.29 is 23.9 Å². The Bertz CT molecular complexity index is 385. The van der Waals surface area contributed by atoms with Crippen molar-refractivity contribution >= 4 is 11.9 Å². The van der Waals surface area contributed by atoms with Crippen LogP contribution in [0, 0.1) is 0 Å². The predicted octanol–water partition coefficient (Wildman–Crippen LogP) is 2.44. The molecule has 0 aliphatic heterocycles. The quantitative estimate of drug-likeness (QED) is 0.211. The number of rotatable bonds is 14. The maximum absolute atomic E-state index is 11.9. The molecule has 0 saturated heterocycles. The average Bonchev–Trinajstić information content (AvgIpc) is 2.42. The number of carboxylic acids is 1. The summed E-state index contributed by atoms with van der Waals surface area (Å²) in [7, 11) is 5.80. The van der Waals surface area contributed by atoms with Crippen molar-refractivity contribution in [2.75, 3.05) is 27.7 Å². The number of allylic oxidation sites excluding steroid dienone is 2. The molecule has 0 aromatic heterocycles. The Balaban J connectivity index is 3.91. The second-order valence-corrected chi connectivity index (χ2v) is 7.37. The summed E-state index contributed by atoms with van der Waals surface area (Å²) < 4.78 is 5.86. The van der Waals surface area contributed by atoms with Crippen molar-refractivity contribution in [3.05, 3.63) is 12.2 Å². The van der Waals surface area contributed by atoms with Crippen LogP contribution >= 0.6 is 0 Å². The van der Waals surface area contributed by atoms with Crippen LogP contribution in [-0.4, -0.2) is 50.2 Å². The van der Waals surface area contributed by atoms with Crippen LogP contribution in [0.1, 0.15) is 64.7 Å². The smallest absolute Gasteiger partial charge is 0.306 e. The number of hydrogen-bond acceptors (Lipinski definition) is 4. The van der Waals surface area contributed by atoms with Crippen LogP contribution < -0.4 is 5.11 Å². The van der Waals surface area contributed by atoms with Crippen LogP contribution in [-0.2, 0) is 14.3 Å². The summed E-state index contributed by atoms with van der Waals surface area (Å²) in [6, 6.07) is 0. The molecule has 0 radical (unpaired) electrons. The van der Waals surface area contributed by atoms with E-state index < -0.39 is 12.1 Å². The summed E-state index contributed by atoms with van der Waals surface area (Å²) in [6.07, 6.45) is 11.4. The fourth-order valence-electron chi connectivity index (χ4n) is 2.45. The molecule has 0 aliphatic rings. The molecule has 5 heteroatoms. The van der Waals surface area contributed by atoms with Crippen molar-refractivity contribution in [1.29, 1.82) is 0 Å². The lowest BCUT2D eigenvalue weighted by Crippen LogP contribution is -2.45. The van der Waals surface area contributed by atoms with Gasteiger partial charge < -0.3 is 19.1 Å². The first kappa shape index (κ1) is 22.6. The van der Waals surface area contributed by atoms with Gasteiger partial charge in [-0.2, -0.15) is 0 Å².